The number of nitrogens with two attached hydrogens (primary N) is 1. The van der Waals surface area contributed by atoms with Crippen LogP contribution in [-0.2, 0) is 11.3 Å². The van der Waals surface area contributed by atoms with Crippen molar-refractivity contribution in [3.8, 4) is 0 Å². The molecule has 0 saturated carbocycles. The fraction of sp³-hybridized carbons (Fsp3) is 0.550. The molecule has 3 rings (SSSR count). The summed E-state index contributed by atoms with van der Waals surface area (Å²) >= 11 is 0. The summed E-state index contributed by atoms with van der Waals surface area (Å²) in [5.74, 6) is 1.04. The van der Waals surface area contributed by atoms with Crippen LogP contribution in [-0.4, -0.2) is 36.5 Å². The van der Waals surface area contributed by atoms with E-state index in [1.807, 2.05) is 0 Å². The van der Waals surface area contributed by atoms with Crippen molar-refractivity contribution < 1.29 is 9.21 Å². The zero-order valence-electron chi connectivity index (χ0n) is 15.3. The first kappa shape index (κ1) is 18.0. The first-order valence-electron chi connectivity index (χ1n) is 9.27. The summed E-state index contributed by atoms with van der Waals surface area (Å²) in [5.41, 5.74) is 8.95. The second kappa shape index (κ2) is 8.02. The van der Waals surface area contributed by atoms with Crippen molar-refractivity contribution >= 4 is 16.9 Å². The van der Waals surface area contributed by atoms with Gasteiger partial charge in [0.25, 0.3) is 0 Å². The Morgan fingerprint density at radius 1 is 1.28 bits per heavy atom. The SMILES string of the molecule is Cc1cc2cc(CN3CCCCC3CNC(=O)CCN)oc2cc1C. The lowest BCUT2D eigenvalue weighted by molar-refractivity contribution is -0.121. The average Bonchev–Trinajstić information content (AvgIpc) is 2.96. The van der Waals surface area contributed by atoms with Gasteiger partial charge in [-0.1, -0.05) is 6.42 Å². The summed E-state index contributed by atoms with van der Waals surface area (Å²) in [4.78, 5) is 14.1. The molecule has 1 amide bonds. The van der Waals surface area contributed by atoms with Gasteiger partial charge in [-0.3, -0.25) is 9.69 Å². The third-order valence-electron chi connectivity index (χ3n) is 5.20. The Hall–Kier alpha value is -1.85. The van der Waals surface area contributed by atoms with Crippen molar-refractivity contribution in [1.29, 1.82) is 0 Å². The fourth-order valence-corrected chi connectivity index (χ4v) is 3.59. The number of piperidine rings is 1. The summed E-state index contributed by atoms with van der Waals surface area (Å²) < 4.78 is 6.07. The van der Waals surface area contributed by atoms with Gasteiger partial charge in [0.2, 0.25) is 5.91 Å². The predicted molar refractivity (Wildman–Crippen MR) is 100 cm³/mol. The quantitative estimate of drug-likeness (QED) is 0.846. The summed E-state index contributed by atoms with van der Waals surface area (Å²) in [6.07, 6.45) is 3.93. The molecule has 1 fully saturated rings. The van der Waals surface area contributed by atoms with E-state index in [-0.39, 0.29) is 5.91 Å². The van der Waals surface area contributed by atoms with Gasteiger partial charge in [0.1, 0.15) is 11.3 Å². The van der Waals surface area contributed by atoms with Crippen LogP contribution in [0, 0.1) is 13.8 Å². The summed E-state index contributed by atoms with van der Waals surface area (Å²) in [6, 6.07) is 6.83. The molecule has 2 heterocycles. The minimum absolute atomic E-state index is 0.0442. The van der Waals surface area contributed by atoms with Crippen LogP contribution >= 0.6 is 0 Å². The Morgan fingerprint density at radius 2 is 2.08 bits per heavy atom. The van der Waals surface area contributed by atoms with Crippen LogP contribution < -0.4 is 11.1 Å². The molecule has 0 aliphatic carbocycles. The number of nitrogens with one attached hydrogen (secondary N) is 1. The normalized spacial score (nSPS) is 18.6. The smallest absolute Gasteiger partial charge is 0.221 e. The first-order valence-corrected chi connectivity index (χ1v) is 9.27. The van der Waals surface area contributed by atoms with Crippen LogP contribution in [0.5, 0.6) is 0 Å². The van der Waals surface area contributed by atoms with Crippen LogP contribution in [0.3, 0.4) is 0 Å². The molecule has 1 aliphatic rings. The number of aryl methyl sites for hydroxylation is 2. The van der Waals surface area contributed by atoms with Crippen molar-refractivity contribution in [3.63, 3.8) is 0 Å². The number of carbonyl (C=O) groups excluding carboxylic acids is 1. The van der Waals surface area contributed by atoms with E-state index in [0.29, 0.717) is 25.6 Å². The molecule has 1 unspecified atom stereocenters. The first-order chi connectivity index (χ1) is 12.1. The number of carbonyl (C=O) groups is 1. The van der Waals surface area contributed by atoms with Crippen LogP contribution in [0.2, 0.25) is 0 Å². The second-order valence-electron chi connectivity index (χ2n) is 7.15. The monoisotopic (exact) mass is 343 g/mol. The summed E-state index contributed by atoms with van der Waals surface area (Å²) in [6.45, 7) is 7.18. The third kappa shape index (κ3) is 4.41. The van der Waals surface area contributed by atoms with Gasteiger partial charge in [-0.05, 0) is 62.6 Å². The van der Waals surface area contributed by atoms with Crippen LogP contribution in [0.1, 0.15) is 42.6 Å². The molecular formula is C20H29N3O2. The molecule has 1 saturated heterocycles. The molecule has 1 atom stereocenters. The number of amides is 1. The van der Waals surface area contributed by atoms with Crippen LogP contribution in [0.4, 0.5) is 0 Å². The molecular weight excluding hydrogens is 314 g/mol. The molecule has 0 bridgehead atoms. The maximum absolute atomic E-state index is 11.7. The Morgan fingerprint density at radius 3 is 2.88 bits per heavy atom. The molecule has 0 radical (unpaired) electrons. The Bertz CT molecular complexity index is 699. The lowest BCUT2D eigenvalue weighted by Crippen LogP contribution is -2.46. The maximum atomic E-state index is 11.7. The van der Waals surface area contributed by atoms with Gasteiger partial charge in [-0.15, -0.1) is 0 Å². The molecule has 2 aromatic rings. The van der Waals surface area contributed by atoms with Gasteiger partial charge in [0, 0.05) is 30.9 Å². The molecule has 25 heavy (non-hydrogen) atoms. The summed E-state index contributed by atoms with van der Waals surface area (Å²) in [7, 11) is 0. The van der Waals surface area contributed by atoms with Crippen molar-refractivity contribution in [1.82, 2.24) is 10.2 Å². The van der Waals surface area contributed by atoms with Gasteiger partial charge in [0.05, 0.1) is 6.54 Å². The molecule has 0 spiro atoms. The largest absolute Gasteiger partial charge is 0.460 e. The van der Waals surface area contributed by atoms with Crippen molar-refractivity contribution in [2.45, 2.75) is 52.1 Å². The van der Waals surface area contributed by atoms with E-state index in [0.717, 1.165) is 30.9 Å². The predicted octanol–water partition coefficient (Wildman–Crippen LogP) is 2.87. The fourth-order valence-electron chi connectivity index (χ4n) is 3.59. The number of hydrogen-bond donors (Lipinski definition) is 2. The van der Waals surface area contributed by atoms with E-state index < -0.39 is 0 Å². The topological polar surface area (TPSA) is 71.5 Å². The van der Waals surface area contributed by atoms with Gasteiger partial charge in [-0.25, -0.2) is 0 Å². The van der Waals surface area contributed by atoms with Gasteiger partial charge >= 0.3 is 0 Å². The second-order valence-corrected chi connectivity index (χ2v) is 7.15. The zero-order valence-corrected chi connectivity index (χ0v) is 15.3. The number of hydrogen-bond acceptors (Lipinski definition) is 4. The highest BCUT2D eigenvalue weighted by atomic mass is 16.3. The van der Waals surface area contributed by atoms with Crippen LogP contribution in [0.15, 0.2) is 22.6 Å². The highest BCUT2D eigenvalue weighted by Gasteiger charge is 2.24. The third-order valence-corrected chi connectivity index (χ3v) is 5.20. The van der Waals surface area contributed by atoms with E-state index in [2.05, 4.69) is 42.3 Å². The highest BCUT2D eigenvalue weighted by Crippen LogP contribution is 2.26. The molecule has 5 nitrogen and oxygen atoms in total. The Balaban J connectivity index is 1.67. The molecule has 5 heteroatoms. The van der Waals surface area contributed by atoms with E-state index in [1.165, 1.54) is 29.4 Å². The Labute approximate surface area is 149 Å². The molecule has 1 aromatic carbocycles. The minimum atomic E-state index is 0.0442. The lowest BCUT2D eigenvalue weighted by atomic mass is 10.0. The number of rotatable bonds is 6. The number of likely N-dealkylation sites (tertiary alicyclic amines) is 1. The molecule has 1 aliphatic heterocycles. The Kier molecular flexibility index (Phi) is 5.76. The van der Waals surface area contributed by atoms with E-state index in [9.17, 15) is 4.79 Å². The zero-order chi connectivity index (χ0) is 17.8. The average molecular weight is 343 g/mol. The maximum Gasteiger partial charge on any atom is 0.221 e. The van der Waals surface area contributed by atoms with Crippen molar-refractivity contribution in [3.05, 3.63) is 35.1 Å². The number of benzene rings is 1. The molecule has 1 aromatic heterocycles. The highest BCUT2D eigenvalue weighted by molar-refractivity contribution is 5.79. The number of fused-ring (bicyclic) bond motifs is 1. The van der Waals surface area contributed by atoms with Crippen LogP contribution in [0.25, 0.3) is 11.0 Å². The van der Waals surface area contributed by atoms with E-state index in [1.54, 1.807) is 0 Å². The standard InChI is InChI=1S/C20H29N3O2/c1-14-9-16-11-18(25-19(16)10-15(14)2)13-23-8-4-3-5-17(23)12-22-20(24)6-7-21/h9-11,17H,3-8,12-13,21H2,1-2H3,(H,22,24). The minimum Gasteiger partial charge on any atom is -0.460 e. The number of nitrogens with zero attached hydrogens (tertiary/aromatic N) is 1. The van der Waals surface area contributed by atoms with Gasteiger partial charge < -0.3 is 15.5 Å². The van der Waals surface area contributed by atoms with Gasteiger partial charge in [0.15, 0.2) is 0 Å². The van der Waals surface area contributed by atoms with Gasteiger partial charge in [-0.2, -0.15) is 0 Å². The van der Waals surface area contributed by atoms with Crippen molar-refractivity contribution in [2.75, 3.05) is 19.6 Å². The summed E-state index contributed by atoms with van der Waals surface area (Å²) in [5, 5.41) is 4.19. The lowest BCUT2D eigenvalue weighted by Gasteiger charge is -2.35. The van der Waals surface area contributed by atoms with Crippen molar-refractivity contribution in [2.24, 2.45) is 5.73 Å². The number of furan rings is 1. The van der Waals surface area contributed by atoms with E-state index >= 15 is 0 Å². The molecule has 136 valence electrons. The molecule has 3 N–H and O–H groups in total. The van der Waals surface area contributed by atoms with E-state index in [4.69, 9.17) is 10.2 Å².